The van der Waals surface area contributed by atoms with Crippen molar-refractivity contribution in [3.05, 3.63) is 45.5 Å². The van der Waals surface area contributed by atoms with Crippen molar-refractivity contribution in [1.82, 2.24) is 4.98 Å². The molecule has 41 heavy (non-hydrogen) atoms. The molecule has 1 aliphatic rings. The minimum absolute atomic E-state index is 0.0128. The molecule has 0 aliphatic carbocycles. The summed E-state index contributed by atoms with van der Waals surface area (Å²) in [6.07, 6.45) is 7.31. The third kappa shape index (κ3) is 9.57. The van der Waals surface area contributed by atoms with Gasteiger partial charge in [-0.2, -0.15) is 0 Å². The largest absolute Gasteiger partial charge is 0.457 e. The lowest BCUT2D eigenvalue weighted by molar-refractivity contribution is -0.153. The summed E-state index contributed by atoms with van der Waals surface area (Å²) in [4.78, 5) is 31.6. The van der Waals surface area contributed by atoms with Gasteiger partial charge >= 0.3 is 5.97 Å². The minimum atomic E-state index is -2.21. The number of allylic oxidation sites excluding steroid dienone is 2. The molecule has 0 aromatic carbocycles. The van der Waals surface area contributed by atoms with E-state index in [1.807, 2.05) is 32.2 Å². The number of aliphatic hydroxyl groups excluding tert-OH is 1. The predicted octanol–water partition coefficient (Wildman–Crippen LogP) is 8.07. The van der Waals surface area contributed by atoms with E-state index in [1.54, 1.807) is 25.2 Å². The summed E-state index contributed by atoms with van der Waals surface area (Å²) in [6, 6.07) is 0. The topological polar surface area (TPSA) is 85.7 Å². The highest BCUT2D eigenvalue weighted by Crippen LogP contribution is 2.41. The van der Waals surface area contributed by atoms with Crippen molar-refractivity contribution in [2.45, 2.75) is 125 Å². The Morgan fingerprint density at radius 3 is 2.41 bits per heavy atom. The van der Waals surface area contributed by atoms with E-state index in [9.17, 15) is 14.7 Å². The van der Waals surface area contributed by atoms with E-state index < -0.39 is 37.8 Å². The number of cyclic esters (lactones) is 1. The highest BCUT2D eigenvalue weighted by Gasteiger charge is 2.46. The monoisotopic (exact) mass is 603 g/mol. The quantitative estimate of drug-likeness (QED) is 0.213. The molecular formula is C33H53NO5SSi. The number of Topliss-reactive ketones (excluding diaryl/α,β-unsaturated/α-hetero) is 1. The Balaban J connectivity index is 2.48. The summed E-state index contributed by atoms with van der Waals surface area (Å²) in [5.41, 5.74) is 1.71. The number of aryl methyl sites for hydroxylation is 1. The van der Waals surface area contributed by atoms with Gasteiger partial charge in [-0.3, -0.25) is 9.59 Å². The van der Waals surface area contributed by atoms with Crippen molar-refractivity contribution in [3.8, 4) is 0 Å². The molecule has 5 atom stereocenters. The first-order valence-corrected chi connectivity index (χ1v) is 18.6. The maximum Gasteiger partial charge on any atom is 0.309 e. The van der Waals surface area contributed by atoms with Crippen LogP contribution in [0.3, 0.4) is 0 Å². The molecule has 0 saturated carbocycles. The average molecular weight is 604 g/mol. The van der Waals surface area contributed by atoms with Gasteiger partial charge < -0.3 is 14.3 Å². The van der Waals surface area contributed by atoms with E-state index in [4.69, 9.17) is 9.16 Å². The van der Waals surface area contributed by atoms with Gasteiger partial charge in [0.2, 0.25) is 0 Å². The number of nitrogens with zero attached hydrogens (tertiary/aromatic N) is 1. The zero-order valence-corrected chi connectivity index (χ0v) is 29.1. The smallest absolute Gasteiger partial charge is 0.309 e. The molecule has 0 saturated heterocycles. The van der Waals surface area contributed by atoms with Crippen LogP contribution in [0, 0.1) is 24.2 Å². The Morgan fingerprint density at radius 1 is 1.22 bits per heavy atom. The zero-order chi connectivity index (χ0) is 31.3. The Labute approximate surface area is 253 Å². The summed E-state index contributed by atoms with van der Waals surface area (Å²) in [5, 5.41) is 14.1. The molecular weight excluding hydrogens is 551 g/mol. The Hall–Kier alpha value is -1.87. The number of hydrogen-bond acceptors (Lipinski definition) is 7. The molecule has 1 N–H and O–H groups in total. The van der Waals surface area contributed by atoms with Gasteiger partial charge in [0.1, 0.15) is 11.9 Å². The van der Waals surface area contributed by atoms with Crippen LogP contribution in [0.2, 0.25) is 18.1 Å². The Kier molecular flexibility index (Phi) is 12.1. The van der Waals surface area contributed by atoms with Gasteiger partial charge in [0, 0.05) is 17.7 Å². The number of aliphatic hydroxyl groups is 1. The van der Waals surface area contributed by atoms with Crippen molar-refractivity contribution >= 4 is 37.5 Å². The molecule has 1 aliphatic heterocycles. The summed E-state index contributed by atoms with van der Waals surface area (Å²) >= 11 is 1.57. The standard InChI is InChI=1S/C33H53NO5SSi/c1-21-14-13-15-22(2)30(39-41(11,12)32(6,7)8)24(4)31(37)33(9,10)28(35)19-29(36)38-27(17-16-21)23(3)18-26-20-40-25(5)34-26/h13,15-16,18,20,22,24,27-28,30,35H,14,17,19H2,1-12H3/t22-,24+,27-,28-,30-/m0/s1. The van der Waals surface area contributed by atoms with Crippen LogP contribution in [0.25, 0.3) is 6.08 Å². The van der Waals surface area contributed by atoms with Crippen molar-refractivity contribution in [1.29, 1.82) is 0 Å². The molecule has 8 heteroatoms. The zero-order valence-electron chi connectivity index (χ0n) is 27.3. The van der Waals surface area contributed by atoms with Crippen molar-refractivity contribution < 1.29 is 23.9 Å². The van der Waals surface area contributed by atoms with E-state index in [-0.39, 0.29) is 29.3 Å². The summed E-state index contributed by atoms with van der Waals surface area (Å²) < 4.78 is 12.8. The maximum atomic E-state index is 14.0. The highest BCUT2D eigenvalue weighted by atomic mass is 32.1. The molecule has 2 heterocycles. The fourth-order valence-electron chi connectivity index (χ4n) is 4.77. The molecule has 2 rings (SSSR count). The fraction of sp³-hybridized carbons (Fsp3) is 0.667. The number of hydrogen-bond donors (Lipinski definition) is 1. The number of ketones is 1. The van der Waals surface area contributed by atoms with Gasteiger partial charge in [-0.15, -0.1) is 11.3 Å². The number of carbonyl (C=O) groups excluding carboxylic acids is 2. The minimum Gasteiger partial charge on any atom is -0.457 e. The molecule has 6 nitrogen and oxygen atoms in total. The van der Waals surface area contributed by atoms with Crippen LogP contribution in [0.4, 0.5) is 0 Å². The molecule has 1 aromatic rings. The fourth-order valence-corrected chi connectivity index (χ4v) is 6.79. The third-order valence-electron chi connectivity index (χ3n) is 8.84. The lowest BCUT2D eigenvalue weighted by Gasteiger charge is -2.43. The number of rotatable bonds is 4. The van der Waals surface area contributed by atoms with Crippen LogP contribution in [0.1, 0.15) is 92.3 Å². The number of esters is 1. The van der Waals surface area contributed by atoms with Crippen LogP contribution in [-0.4, -0.2) is 48.5 Å². The van der Waals surface area contributed by atoms with E-state index >= 15 is 0 Å². The second-order valence-corrected chi connectivity index (χ2v) is 19.7. The van der Waals surface area contributed by atoms with E-state index in [1.165, 1.54) is 0 Å². The van der Waals surface area contributed by atoms with Crippen LogP contribution in [0.5, 0.6) is 0 Å². The first kappa shape index (κ1) is 35.3. The van der Waals surface area contributed by atoms with E-state index in [0.29, 0.717) is 6.42 Å². The van der Waals surface area contributed by atoms with Crippen molar-refractivity contribution in [2.24, 2.45) is 17.3 Å². The van der Waals surface area contributed by atoms with Crippen molar-refractivity contribution in [2.75, 3.05) is 0 Å². The Bertz CT molecular complexity index is 1160. The molecule has 0 radical (unpaired) electrons. The molecule has 230 valence electrons. The summed E-state index contributed by atoms with van der Waals surface area (Å²) in [6.45, 7) is 24.4. The van der Waals surface area contributed by atoms with Crippen LogP contribution in [-0.2, 0) is 18.8 Å². The average Bonchev–Trinajstić information content (AvgIpc) is 3.26. The maximum absolute atomic E-state index is 14.0. The van der Waals surface area contributed by atoms with Crippen LogP contribution >= 0.6 is 11.3 Å². The first-order chi connectivity index (χ1) is 18.8. The highest BCUT2D eigenvalue weighted by molar-refractivity contribution is 7.09. The van der Waals surface area contributed by atoms with Crippen LogP contribution in [0.15, 0.2) is 34.8 Å². The third-order valence-corrected chi connectivity index (χ3v) is 14.1. The SMILES string of the molecule is CC1=CC[C@@H](C(C)=Cc2csc(C)n2)OC(=O)C[C@H](O)C(C)(C)C(=O)[C@H](C)[C@@H](O[Si](C)(C)C(C)(C)C)[C@@H](C)C=CC1. The number of ether oxygens (including phenoxy) is 1. The predicted molar refractivity (Wildman–Crippen MR) is 172 cm³/mol. The number of thiazole rings is 1. The molecule has 0 amide bonds. The van der Waals surface area contributed by atoms with Gasteiger partial charge in [0.15, 0.2) is 8.32 Å². The lowest BCUT2D eigenvalue weighted by atomic mass is 9.73. The van der Waals surface area contributed by atoms with Gasteiger partial charge in [0.25, 0.3) is 0 Å². The Morgan fingerprint density at radius 2 is 1.85 bits per heavy atom. The second kappa shape index (κ2) is 14.1. The molecule has 0 bridgehead atoms. The van der Waals surface area contributed by atoms with Gasteiger partial charge in [0.05, 0.1) is 34.7 Å². The molecule has 0 unspecified atom stereocenters. The molecule has 0 fully saturated rings. The number of aromatic nitrogens is 1. The second-order valence-electron chi connectivity index (χ2n) is 13.9. The van der Waals surface area contributed by atoms with Gasteiger partial charge in [-0.05, 0) is 62.9 Å². The van der Waals surface area contributed by atoms with E-state index in [2.05, 4.69) is 70.9 Å². The summed E-state index contributed by atoms with van der Waals surface area (Å²) in [7, 11) is -2.21. The first-order valence-electron chi connectivity index (χ1n) is 14.8. The van der Waals surface area contributed by atoms with E-state index in [0.717, 1.165) is 28.3 Å². The van der Waals surface area contributed by atoms with Gasteiger partial charge in [-0.1, -0.05) is 72.3 Å². The number of carbonyl (C=O) groups is 2. The summed E-state index contributed by atoms with van der Waals surface area (Å²) in [5.74, 6) is -1.13. The molecule has 0 spiro atoms. The normalized spacial score (nSPS) is 27.9. The van der Waals surface area contributed by atoms with Gasteiger partial charge in [-0.25, -0.2) is 4.98 Å². The lowest BCUT2D eigenvalue weighted by Crippen LogP contribution is -2.51. The van der Waals surface area contributed by atoms with Crippen LogP contribution < -0.4 is 0 Å². The van der Waals surface area contributed by atoms with Crippen molar-refractivity contribution in [3.63, 3.8) is 0 Å². The molecule has 1 aromatic heterocycles.